The third kappa shape index (κ3) is 15.2. The summed E-state index contributed by atoms with van der Waals surface area (Å²) in [6.45, 7) is 8.84. The minimum absolute atomic E-state index is 0.0312. The Morgan fingerprint density at radius 3 is 2.56 bits per heavy atom. The molecule has 3 unspecified atom stereocenters. The van der Waals surface area contributed by atoms with Gasteiger partial charge in [0, 0.05) is 49.6 Å². The average Bonchev–Trinajstić information content (AvgIpc) is 2.92. The van der Waals surface area contributed by atoms with Crippen LogP contribution in [0.5, 0.6) is 5.75 Å². The van der Waals surface area contributed by atoms with E-state index in [1.165, 1.54) is 33.4 Å². The van der Waals surface area contributed by atoms with E-state index in [2.05, 4.69) is 32.2 Å². The summed E-state index contributed by atoms with van der Waals surface area (Å²) in [4.78, 5) is 36.4. The van der Waals surface area contributed by atoms with E-state index in [0.717, 1.165) is 18.2 Å². The largest absolute Gasteiger partial charge is 0.486 e. The fourth-order valence-corrected chi connectivity index (χ4v) is 3.26. The molecule has 41 heavy (non-hydrogen) atoms. The van der Waals surface area contributed by atoms with Crippen LogP contribution in [0.1, 0.15) is 50.5 Å². The highest BCUT2D eigenvalue weighted by Gasteiger charge is 2.25. The first kappa shape index (κ1) is 35.5. The number of halogens is 4. The van der Waals surface area contributed by atoms with Gasteiger partial charge < -0.3 is 20.1 Å². The summed E-state index contributed by atoms with van der Waals surface area (Å²) in [5, 5.41) is 3.64. The molecule has 9 nitrogen and oxygen atoms in total. The molecule has 2 N–H and O–H groups in total. The fourth-order valence-electron chi connectivity index (χ4n) is 3.20. The highest BCUT2D eigenvalue weighted by molar-refractivity contribution is 6.30. The van der Waals surface area contributed by atoms with Gasteiger partial charge in [0.1, 0.15) is 22.9 Å². The Kier molecular flexibility index (Phi) is 15.6. The van der Waals surface area contributed by atoms with E-state index in [4.69, 9.17) is 21.1 Å². The van der Waals surface area contributed by atoms with Crippen molar-refractivity contribution in [3.63, 3.8) is 0 Å². The van der Waals surface area contributed by atoms with Crippen LogP contribution in [0.25, 0.3) is 0 Å². The van der Waals surface area contributed by atoms with E-state index >= 15 is 0 Å². The molecule has 0 aromatic carbocycles. The van der Waals surface area contributed by atoms with Gasteiger partial charge in [-0.05, 0) is 58.3 Å². The van der Waals surface area contributed by atoms with Gasteiger partial charge in [0.2, 0.25) is 5.91 Å². The molecule has 3 atom stereocenters. The molecule has 1 aromatic heterocycles. The van der Waals surface area contributed by atoms with Crippen molar-refractivity contribution in [2.45, 2.75) is 63.9 Å². The first-order valence-corrected chi connectivity index (χ1v) is 13.2. The number of pyridine rings is 1. The maximum absolute atomic E-state index is 12.8. The smallest absolute Gasteiger partial charge is 0.411 e. The average molecular weight is 600 g/mol. The van der Waals surface area contributed by atoms with Crippen molar-refractivity contribution in [2.24, 2.45) is 9.98 Å². The SMILES string of the molecule is C=CC(CCCC(C)=NCC(N=C(C)/C=C\C(=CC(F)(F)F)NC(=O)C(C)Cl)OC)Oc1ccnc(C(=O)NC)c1. The van der Waals surface area contributed by atoms with Crippen molar-refractivity contribution >= 4 is 34.8 Å². The van der Waals surface area contributed by atoms with Crippen LogP contribution in [0, 0.1) is 0 Å². The van der Waals surface area contributed by atoms with Crippen LogP contribution < -0.4 is 15.4 Å². The quantitative estimate of drug-likeness (QED) is 0.118. The third-order valence-electron chi connectivity index (χ3n) is 5.36. The molecule has 0 aliphatic heterocycles. The van der Waals surface area contributed by atoms with E-state index in [1.807, 2.05) is 6.92 Å². The number of carbonyl (C=O) groups is 2. The van der Waals surface area contributed by atoms with Gasteiger partial charge in [0.15, 0.2) is 6.23 Å². The molecule has 13 heteroatoms. The monoisotopic (exact) mass is 599 g/mol. The van der Waals surface area contributed by atoms with Crippen LogP contribution in [0.3, 0.4) is 0 Å². The van der Waals surface area contributed by atoms with Crippen LogP contribution in [-0.4, -0.2) is 72.8 Å². The lowest BCUT2D eigenvalue weighted by Gasteiger charge is -2.16. The Bertz CT molecular complexity index is 1150. The second-order valence-corrected chi connectivity index (χ2v) is 9.51. The zero-order valence-electron chi connectivity index (χ0n) is 23.8. The number of rotatable bonds is 16. The number of hydrogen-bond acceptors (Lipinski definition) is 7. The number of ether oxygens (including phenoxy) is 2. The van der Waals surface area contributed by atoms with Gasteiger partial charge in [-0.1, -0.05) is 12.7 Å². The van der Waals surface area contributed by atoms with Crippen molar-refractivity contribution < 1.29 is 32.2 Å². The van der Waals surface area contributed by atoms with Crippen molar-refractivity contribution in [3.8, 4) is 5.75 Å². The minimum Gasteiger partial charge on any atom is -0.486 e. The number of nitrogens with zero attached hydrogens (tertiary/aromatic N) is 3. The lowest BCUT2D eigenvalue weighted by atomic mass is 10.1. The molecule has 1 aromatic rings. The molecule has 2 amide bonds. The molecule has 1 rings (SSSR count). The van der Waals surface area contributed by atoms with Crippen LogP contribution in [0.15, 0.2) is 64.9 Å². The normalized spacial score (nSPS) is 15.3. The van der Waals surface area contributed by atoms with Crippen molar-refractivity contribution in [1.82, 2.24) is 15.6 Å². The van der Waals surface area contributed by atoms with Crippen LogP contribution >= 0.6 is 11.6 Å². The molecular formula is C28H37ClF3N5O4. The Hall–Kier alpha value is -3.51. The molecule has 0 saturated carbocycles. The van der Waals surface area contributed by atoms with E-state index in [0.29, 0.717) is 24.3 Å². The molecule has 0 saturated heterocycles. The predicted molar refractivity (Wildman–Crippen MR) is 155 cm³/mol. The molecular weight excluding hydrogens is 563 g/mol. The zero-order chi connectivity index (χ0) is 31.0. The molecule has 226 valence electrons. The summed E-state index contributed by atoms with van der Waals surface area (Å²) >= 11 is 5.64. The highest BCUT2D eigenvalue weighted by atomic mass is 35.5. The fraction of sp³-hybridized carbons (Fsp3) is 0.464. The number of hydrogen-bond donors (Lipinski definition) is 2. The van der Waals surface area contributed by atoms with Gasteiger partial charge in [0.25, 0.3) is 5.91 Å². The van der Waals surface area contributed by atoms with Gasteiger partial charge in [0.05, 0.1) is 6.54 Å². The first-order chi connectivity index (χ1) is 19.3. The van der Waals surface area contributed by atoms with E-state index in [1.54, 1.807) is 25.1 Å². The second kappa shape index (κ2) is 18.0. The van der Waals surface area contributed by atoms with Gasteiger partial charge in [-0.15, -0.1) is 11.6 Å². The maximum atomic E-state index is 12.8. The summed E-state index contributed by atoms with van der Waals surface area (Å²) in [6.07, 6.45) is 2.10. The Morgan fingerprint density at radius 1 is 1.27 bits per heavy atom. The van der Waals surface area contributed by atoms with E-state index in [9.17, 15) is 22.8 Å². The van der Waals surface area contributed by atoms with E-state index < -0.39 is 29.4 Å². The van der Waals surface area contributed by atoms with E-state index in [-0.39, 0.29) is 30.3 Å². The molecule has 1 heterocycles. The van der Waals surface area contributed by atoms with Crippen LogP contribution in [0.2, 0.25) is 0 Å². The topological polar surface area (TPSA) is 114 Å². The van der Waals surface area contributed by atoms with Gasteiger partial charge in [-0.3, -0.25) is 24.6 Å². The Morgan fingerprint density at radius 2 is 1.98 bits per heavy atom. The maximum Gasteiger partial charge on any atom is 0.411 e. The van der Waals surface area contributed by atoms with Crippen molar-refractivity contribution in [3.05, 3.63) is 60.6 Å². The summed E-state index contributed by atoms with van der Waals surface area (Å²) in [5.41, 5.74) is 1.01. The van der Waals surface area contributed by atoms with Gasteiger partial charge in [-0.2, -0.15) is 13.2 Å². The Labute approximate surface area is 243 Å². The number of amides is 2. The van der Waals surface area contributed by atoms with Crippen molar-refractivity contribution in [2.75, 3.05) is 20.7 Å². The lowest BCUT2D eigenvalue weighted by molar-refractivity contribution is -0.119. The minimum atomic E-state index is -4.64. The standard InChI is InChI=1S/C28H37ClF3N5O4/c1-7-22(41-23-13-14-34-24(15-23)27(39)33-5)10-8-9-18(2)35-17-25(40-6)36-19(3)11-12-21(16-28(30,31)32)37-26(38)20(4)29/h7,11-16,20,22,25H,1,8-10,17H2,2-6H3,(H,33,39)(H,37,38)/b12-11-,21-16?,35-18?,36-19?. The summed E-state index contributed by atoms with van der Waals surface area (Å²) in [6, 6.07) is 3.23. The highest BCUT2D eigenvalue weighted by Crippen LogP contribution is 2.19. The molecule has 0 radical (unpaired) electrons. The van der Waals surface area contributed by atoms with Crippen LogP contribution in [-0.2, 0) is 9.53 Å². The zero-order valence-corrected chi connectivity index (χ0v) is 24.6. The number of allylic oxidation sites excluding steroid dienone is 3. The van der Waals surface area contributed by atoms with Crippen LogP contribution in [0.4, 0.5) is 13.2 Å². The van der Waals surface area contributed by atoms with Gasteiger partial charge in [-0.25, -0.2) is 0 Å². The number of alkyl halides is 4. The summed E-state index contributed by atoms with van der Waals surface area (Å²) in [7, 11) is 2.98. The molecule has 0 bridgehead atoms. The van der Waals surface area contributed by atoms with Gasteiger partial charge >= 0.3 is 6.18 Å². The summed E-state index contributed by atoms with van der Waals surface area (Å²) < 4.78 is 49.8. The lowest BCUT2D eigenvalue weighted by Crippen LogP contribution is -2.29. The third-order valence-corrected chi connectivity index (χ3v) is 5.56. The number of nitrogens with one attached hydrogen (secondary N) is 2. The molecule has 0 aliphatic carbocycles. The number of methoxy groups -OCH3 is 1. The first-order valence-electron chi connectivity index (χ1n) is 12.7. The summed E-state index contributed by atoms with van der Waals surface area (Å²) in [5.74, 6) is -0.564. The molecule has 0 spiro atoms. The van der Waals surface area contributed by atoms with Crippen molar-refractivity contribution in [1.29, 1.82) is 0 Å². The molecule has 0 aliphatic rings. The number of aromatic nitrogens is 1. The number of carbonyl (C=O) groups excluding carboxylic acids is 2. The predicted octanol–water partition coefficient (Wildman–Crippen LogP) is 5.19. The molecule has 0 fully saturated rings. The second-order valence-electron chi connectivity index (χ2n) is 8.86. The Balaban J connectivity index is 2.71. The number of aliphatic imine (C=N–C) groups is 2.